The minimum absolute atomic E-state index is 0.309. The third-order valence-corrected chi connectivity index (χ3v) is 3.30. The van der Waals surface area contributed by atoms with Crippen LogP contribution in [-0.2, 0) is 0 Å². The van der Waals surface area contributed by atoms with Crippen molar-refractivity contribution in [3.8, 4) is 5.95 Å². The third-order valence-electron chi connectivity index (χ3n) is 3.30. The number of hydrogen-bond donors (Lipinski definition) is 2. The lowest BCUT2D eigenvalue weighted by Crippen LogP contribution is -2.22. The average Bonchev–Trinajstić information content (AvgIpc) is 3.18. The summed E-state index contributed by atoms with van der Waals surface area (Å²) in [6.07, 6.45) is 5.15. The lowest BCUT2D eigenvalue weighted by Gasteiger charge is -2.16. The van der Waals surface area contributed by atoms with E-state index in [4.69, 9.17) is 5.73 Å². The highest BCUT2D eigenvalue weighted by Gasteiger charge is 2.18. The Morgan fingerprint density at radius 3 is 2.57 bits per heavy atom. The number of anilines is 2. The Hall–Kier alpha value is -2.71. The summed E-state index contributed by atoms with van der Waals surface area (Å²) in [5, 5.41) is 6.98. The quantitative estimate of drug-likeness (QED) is 0.800. The van der Waals surface area contributed by atoms with E-state index in [1.165, 1.54) is 17.1 Å². The van der Waals surface area contributed by atoms with Gasteiger partial charge in [0.05, 0.1) is 11.8 Å². The van der Waals surface area contributed by atoms with Gasteiger partial charge in [0, 0.05) is 26.3 Å². The summed E-state index contributed by atoms with van der Waals surface area (Å²) in [4.78, 5) is 26.3. The van der Waals surface area contributed by atoms with Crippen molar-refractivity contribution in [2.75, 3.05) is 30.4 Å². The van der Waals surface area contributed by atoms with E-state index in [2.05, 4.69) is 30.3 Å². The summed E-state index contributed by atoms with van der Waals surface area (Å²) >= 11 is 0. The number of carbonyl (C=O) groups excluding carboxylic acids is 1. The summed E-state index contributed by atoms with van der Waals surface area (Å²) in [7, 11) is 1.74. The lowest BCUT2D eigenvalue weighted by molar-refractivity contribution is 0.100. The van der Waals surface area contributed by atoms with Crippen LogP contribution in [0, 0.1) is 0 Å². The molecule has 1 saturated heterocycles. The van der Waals surface area contributed by atoms with Gasteiger partial charge in [-0.3, -0.25) is 4.79 Å². The van der Waals surface area contributed by atoms with E-state index < -0.39 is 5.91 Å². The van der Waals surface area contributed by atoms with Gasteiger partial charge in [0.1, 0.15) is 0 Å². The van der Waals surface area contributed by atoms with E-state index in [0.717, 1.165) is 25.9 Å². The molecule has 0 unspecified atom stereocenters. The zero-order chi connectivity index (χ0) is 14.8. The molecule has 1 amide bonds. The van der Waals surface area contributed by atoms with Crippen LogP contribution in [0.25, 0.3) is 5.95 Å². The van der Waals surface area contributed by atoms with Crippen LogP contribution in [-0.4, -0.2) is 50.8 Å². The van der Waals surface area contributed by atoms with Gasteiger partial charge in [-0.05, 0) is 12.8 Å². The molecule has 2 aromatic heterocycles. The van der Waals surface area contributed by atoms with Crippen LogP contribution in [0.5, 0.6) is 0 Å². The fraction of sp³-hybridized carbons (Fsp3) is 0.417. The molecule has 110 valence electrons. The Bertz CT molecular complexity index is 661. The fourth-order valence-corrected chi connectivity index (χ4v) is 2.19. The highest BCUT2D eigenvalue weighted by Crippen LogP contribution is 2.18. The van der Waals surface area contributed by atoms with Gasteiger partial charge in [-0.25, -0.2) is 4.68 Å². The second-order valence-corrected chi connectivity index (χ2v) is 4.74. The van der Waals surface area contributed by atoms with Crippen molar-refractivity contribution in [3.63, 3.8) is 0 Å². The maximum atomic E-state index is 11.1. The normalized spacial score (nSPS) is 14.4. The van der Waals surface area contributed by atoms with Crippen LogP contribution in [0.2, 0.25) is 0 Å². The number of carbonyl (C=O) groups is 1. The first-order valence-corrected chi connectivity index (χ1v) is 6.71. The molecule has 1 fully saturated rings. The average molecular weight is 288 g/mol. The molecule has 0 aromatic carbocycles. The van der Waals surface area contributed by atoms with E-state index in [0.29, 0.717) is 23.4 Å². The molecule has 21 heavy (non-hydrogen) atoms. The van der Waals surface area contributed by atoms with Gasteiger partial charge in [0.2, 0.25) is 11.9 Å². The van der Waals surface area contributed by atoms with Crippen molar-refractivity contribution < 1.29 is 4.79 Å². The van der Waals surface area contributed by atoms with Crippen molar-refractivity contribution in [1.29, 1.82) is 0 Å². The first-order valence-electron chi connectivity index (χ1n) is 6.71. The summed E-state index contributed by atoms with van der Waals surface area (Å²) in [5.41, 5.74) is 5.53. The van der Waals surface area contributed by atoms with Crippen molar-refractivity contribution in [1.82, 2.24) is 24.7 Å². The maximum absolute atomic E-state index is 11.1. The number of nitrogens with zero attached hydrogens (tertiary/aromatic N) is 6. The van der Waals surface area contributed by atoms with E-state index >= 15 is 0 Å². The minimum atomic E-state index is -0.538. The number of hydrogen-bond acceptors (Lipinski definition) is 7. The molecule has 3 heterocycles. The molecule has 9 nitrogen and oxygen atoms in total. The zero-order valence-electron chi connectivity index (χ0n) is 11.7. The molecule has 0 spiro atoms. The highest BCUT2D eigenvalue weighted by molar-refractivity contribution is 5.92. The van der Waals surface area contributed by atoms with E-state index in [-0.39, 0.29) is 0 Å². The van der Waals surface area contributed by atoms with E-state index in [1.54, 1.807) is 7.05 Å². The third kappa shape index (κ3) is 2.62. The van der Waals surface area contributed by atoms with Gasteiger partial charge < -0.3 is 16.0 Å². The van der Waals surface area contributed by atoms with Gasteiger partial charge in [0.25, 0.3) is 11.9 Å². The van der Waals surface area contributed by atoms with Gasteiger partial charge in [-0.2, -0.15) is 20.1 Å². The molecule has 3 N–H and O–H groups in total. The van der Waals surface area contributed by atoms with Crippen molar-refractivity contribution in [2.24, 2.45) is 5.73 Å². The fourth-order valence-electron chi connectivity index (χ4n) is 2.19. The maximum Gasteiger partial charge on any atom is 0.257 e. The molecule has 0 radical (unpaired) electrons. The lowest BCUT2D eigenvalue weighted by atomic mass is 10.4. The molecule has 0 aliphatic carbocycles. The van der Waals surface area contributed by atoms with Crippen molar-refractivity contribution >= 4 is 17.8 Å². The van der Waals surface area contributed by atoms with Crippen LogP contribution >= 0.6 is 0 Å². The SMILES string of the molecule is CNc1nc(N2CCCC2)nc(-n2cc(C(N)=O)cn2)n1. The largest absolute Gasteiger partial charge is 0.366 e. The Kier molecular flexibility index (Phi) is 3.38. The molecule has 0 atom stereocenters. The predicted octanol–water partition coefficient (Wildman–Crippen LogP) is -0.202. The molecule has 1 aliphatic heterocycles. The van der Waals surface area contributed by atoms with E-state index in [9.17, 15) is 4.79 Å². The number of nitrogens with one attached hydrogen (secondary N) is 1. The number of nitrogens with two attached hydrogens (primary N) is 1. The summed E-state index contributed by atoms with van der Waals surface area (Å²) in [6.45, 7) is 1.86. The molecule has 1 aliphatic rings. The monoisotopic (exact) mass is 288 g/mol. The van der Waals surface area contributed by atoms with Gasteiger partial charge >= 0.3 is 0 Å². The Labute approximate surface area is 121 Å². The Morgan fingerprint density at radius 2 is 1.95 bits per heavy atom. The summed E-state index contributed by atoms with van der Waals surface area (Å²) in [6, 6.07) is 0. The van der Waals surface area contributed by atoms with Crippen molar-refractivity contribution in [3.05, 3.63) is 18.0 Å². The smallest absolute Gasteiger partial charge is 0.257 e. The van der Waals surface area contributed by atoms with Crippen molar-refractivity contribution in [2.45, 2.75) is 12.8 Å². The number of aromatic nitrogens is 5. The second kappa shape index (κ2) is 5.35. The number of primary amides is 1. The molecular weight excluding hydrogens is 272 g/mol. The second-order valence-electron chi connectivity index (χ2n) is 4.74. The molecule has 0 saturated carbocycles. The Morgan fingerprint density at radius 1 is 1.24 bits per heavy atom. The first-order chi connectivity index (χ1) is 10.2. The predicted molar refractivity (Wildman–Crippen MR) is 76.5 cm³/mol. The zero-order valence-corrected chi connectivity index (χ0v) is 11.7. The summed E-state index contributed by atoms with van der Waals surface area (Å²) < 4.78 is 1.42. The van der Waals surface area contributed by atoms with E-state index in [1.807, 2.05) is 0 Å². The van der Waals surface area contributed by atoms with Gasteiger partial charge in [-0.1, -0.05) is 0 Å². The topological polar surface area (TPSA) is 115 Å². The standard InChI is InChI=1S/C12H16N8O/c1-14-10-16-11(19-4-2-3-5-19)18-12(17-10)20-7-8(6-15-20)9(13)21/h6-7H,2-5H2,1H3,(H2,13,21)(H,14,16,17,18). The van der Waals surface area contributed by atoms with Crippen LogP contribution in [0.15, 0.2) is 12.4 Å². The first kappa shape index (κ1) is 13.3. The molecule has 3 rings (SSSR count). The molecular formula is C12H16N8O. The van der Waals surface area contributed by atoms with Gasteiger partial charge in [-0.15, -0.1) is 0 Å². The number of amides is 1. The molecule has 2 aromatic rings. The molecule has 0 bridgehead atoms. The Balaban J connectivity index is 1.99. The number of rotatable bonds is 4. The van der Waals surface area contributed by atoms with Crippen LogP contribution < -0.4 is 16.0 Å². The van der Waals surface area contributed by atoms with Crippen LogP contribution in [0.4, 0.5) is 11.9 Å². The summed E-state index contributed by atoms with van der Waals surface area (Å²) in [5.74, 6) is 0.878. The van der Waals surface area contributed by atoms with Crippen LogP contribution in [0.3, 0.4) is 0 Å². The minimum Gasteiger partial charge on any atom is -0.366 e. The molecule has 9 heteroatoms. The highest BCUT2D eigenvalue weighted by atomic mass is 16.1. The van der Waals surface area contributed by atoms with Gasteiger partial charge in [0.15, 0.2) is 0 Å². The van der Waals surface area contributed by atoms with Crippen LogP contribution in [0.1, 0.15) is 23.2 Å².